The monoisotopic (exact) mass is 440 g/mol. The van der Waals surface area contributed by atoms with E-state index in [1.54, 1.807) is 0 Å². The van der Waals surface area contributed by atoms with E-state index in [9.17, 15) is 9.59 Å². The van der Waals surface area contributed by atoms with Crippen LogP contribution < -0.4 is 4.90 Å². The van der Waals surface area contributed by atoms with Gasteiger partial charge in [-0.25, -0.2) is 9.78 Å². The highest BCUT2D eigenvalue weighted by atomic mass is 16.6. The Bertz CT molecular complexity index is 853. The summed E-state index contributed by atoms with van der Waals surface area (Å²) in [7, 11) is 1.94. The number of anilines is 1. The highest BCUT2D eigenvalue weighted by Crippen LogP contribution is 2.50. The number of amides is 1. The molecule has 1 aliphatic carbocycles. The van der Waals surface area contributed by atoms with Crippen LogP contribution in [-0.4, -0.2) is 73.0 Å². The van der Waals surface area contributed by atoms with Crippen molar-refractivity contribution >= 4 is 17.7 Å². The largest absolute Gasteiger partial charge is 0.450 e. The van der Waals surface area contributed by atoms with Crippen LogP contribution in [0.5, 0.6) is 0 Å². The molecule has 3 fully saturated rings. The number of carbonyl (C=O) groups excluding carboxylic acids is 2. The highest BCUT2D eigenvalue weighted by molar-refractivity contribution is 5.99. The Morgan fingerprint density at radius 2 is 1.81 bits per heavy atom. The third-order valence-electron chi connectivity index (χ3n) is 8.04. The number of hydrogen-bond donors (Lipinski definition) is 0. The zero-order valence-corrected chi connectivity index (χ0v) is 19.4. The van der Waals surface area contributed by atoms with Crippen molar-refractivity contribution in [1.29, 1.82) is 0 Å². The molecule has 7 heteroatoms. The van der Waals surface area contributed by atoms with E-state index in [4.69, 9.17) is 4.74 Å². The fraction of sp³-hybridized carbons (Fsp3) is 0.720. The molecule has 5 rings (SSSR count). The second-order valence-corrected chi connectivity index (χ2v) is 10.1. The van der Waals surface area contributed by atoms with Crippen molar-refractivity contribution in [2.75, 3.05) is 51.2 Å². The van der Waals surface area contributed by atoms with Gasteiger partial charge >= 0.3 is 5.97 Å². The summed E-state index contributed by atoms with van der Waals surface area (Å²) < 4.78 is 6.04. The molecule has 174 valence electrons. The molecule has 7 nitrogen and oxygen atoms in total. The quantitative estimate of drug-likeness (QED) is 0.655. The Morgan fingerprint density at radius 1 is 1.12 bits per heavy atom. The summed E-state index contributed by atoms with van der Waals surface area (Å²) in [5, 5.41) is 0. The van der Waals surface area contributed by atoms with Crippen molar-refractivity contribution in [1.82, 2.24) is 14.8 Å². The van der Waals surface area contributed by atoms with Gasteiger partial charge in [0.25, 0.3) is 0 Å². The van der Waals surface area contributed by atoms with Gasteiger partial charge in [0, 0.05) is 50.9 Å². The second-order valence-electron chi connectivity index (χ2n) is 10.1. The summed E-state index contributed by atoms with van der Waals surface area (Å²) in [5.41, 5.74) is 1.08. The molecule has 4 heterocycles. The first kappa shape index (κ1) is 21.7. The van der Waals surface area contributed by atoms with Crippen molar-refractivity contribution < 1.29 is 14.3 Å². The Balaban J connectivity index is 1.22. The van der Waals surface area contributed by atoms with Gasteiger partial charge in [-0.05, 0) is 70.5 Å². The van der Waals surface area contributed by atoms with Gasteiger partial charge in [-0.1, -0.05) is 6.42 Å². The second kappa shape index (κ2) is 9.00. The zero-order chi connectivity index (χ0) is 22.1. The molecular weight excluding hydrogens is 404 g/mol. The molecule has 0 atom stereocenters. The number of likely N-dealkylation sites (tertiary alicyclic amines) is 1. The van der Waals surface area contributed by atoms with Crippen LogP contribution in [0.25, 0.3) is 0 Å². The van der Waals surface area contributed by atoms with E-state index >= 15 is 0 Å². The lowest BCUT2D eigenvalue weighted by Crippen LogP contribution is -2.43. The maximum Gasteiger partial charge on any atom is 0.343 e. The normalized spacial score (nSPS) is 28.1. The Labute approximate surface area is 191 Å². The molecule has 4 aliphatic rings. The summed E-state index contributed by atoms with van der Waals surface area (Å²) in [6, 6.07) is 1.96. The number of piperidine rings is 1. The van der Waals surface area contributed by atoms with E-state index < -0.39 is 5.60 Å². The summed E-state index contributed by atoms with van der Waals surface area (Å²) in [4.78, 5) is 37.2. The average molecular weight is 441 g/mol. The zero-order valence-electron chi connectivity index (χ0n) is 19.4. The van der Waals surface area contributed by atoms with Gasteiger partial charge < -0.3 is 19.4 Å². The topological polar surface area (TPSA) is 66.0 Å². The van der Waals surface area contributed by atoms with Gasteiger partial charge in [0.1, 0.15) is 17.0 Å². The molecule has 0 unspecified atom stereocenters. The Kier molecular flexibility index (Phi) is 6.10. The Morgan fingerprint density at radius 3 is 2.53 bits per heavy atom. The number of fused-ring (bicyclic) bond motifs is 2. The molecule has 0 aromatic carbocycles. The van der Waals surface area contributed by atoms with E-state index in [0.29, 0.717) is 18.4 Å². The van der Waals surface area contributed by atoms with Crippen LogP contribution in [0.15, 0.2) is 12.3 Å². The molecule has 1 aromatic heterocycles. The first-order chi connectivity index (χ1) is 15.6. The molecule has 3 aliphatic heterocycles. The van der Waals surface area contributed by atoms with Crippen LogP contribution >= 0.6 is 0 Å². The van der Waals surface area contributed by atoms with Gasteiger partial charge in [0.05, 0.1) is 0 Å². The number of aromatic nitrogens is 1. The van der Waals surface area contributed by atoms with Gasteiger partial charge in [-0.15, -0.1) is 0 Å². The minimum absolute atomic E-state index is 0.0228. The molecule has 0 bridgehead atoms. The molecular formula is C25H36N4O3. The molecule has 2 saturated heterocycles. The molecule has 1 aromatic rings. The van der Waals surface area contributed by atoms with Gasteiger partial charge in [-0.2, -0.15) is 0 Å². The van der Waals surface area contributed by atoms with E-state index in [2.05, 4.69) is 14.8 Å². The first-order valence-corrected chi connectivity index (χ1v) is 12.5. The van der Waals surface area contributed by atoms with E-state index in [1.807, 2.05) is 24.2 Å². The van der Waals surface area contributed by atoms with E-state index in [-0.39, 0.29) is 17.8 Å². The third kappa shape index (κ3) is 4.00. The highest BCUT2D eigenvalue weighted by Gasteiger charge is 2.50. The number of rotatable bonds is 5. The van der Waals surface area contributed by atoms with Gasteiger partial charge in [0.2, 0.25) is 5.91 Å². The summed E-state index contributed by atoms with van der Waals surface area (Å²) in [6.07, 6.45) is 10.9. The number of likely N-dealkylation sites (N-methyl/N-ethyl adjacent to an activating group) is 1. The third-order valence-corrected chi connectivity index (χ3v) is 8.04. The summed E-state index contributed by atoms with van der Waals surface area (Å²) in [6.45, 7) is 5.98. The van der Waals surface area contributed by atoms with Crippen molar-refractivity contribution in [2.45, 2.75) is 63.4 Å². The van der Waals surface area contributed by atoms with Crippen LogP contribution in [-0.2, 0) is 15.1 Å². The number of esters is 1. The maximum atomic E-state index is 13.1. The van der Waals surface area contributed by atoms with Gasteiger partial charge in [0.15, 0.2) is 0 Å². The lowest BCUT2D eigenvalue weighted by atomic mass is 9.74. The predicted octanol–water partition coefficient (Wildman–Crippen LogP) is 3.18. The lowest BCUT2D eigenvalue weighted by Gasteiger charge is -2.37. The molecule has 1 spiro atoms. The molecule has 1 saturated carbocycles. The van der Waals surface area contributed by atoms with Crippen molar-refractivity contribution in [3.63, 3.8) is 0 Å². The molecule has 1 amide bonds. The summed E-state index contributed by atoms with van der Waals surface area (Å²) in [5.74, 6) is 0.819. The SMILES string of the molecule is CN(CCN1CCCCC1)C(=O)[C@H]1CC[C@@]2(CC1)OC(=O)c1c(N3CCCC3)nccc12. The predicted molar refractivity (Wildman–Crippen MR) is 123 cm³/mol. The Hall–Kier alpha value is -2.15. The minimum Gasteiger partial charge on any atom is -0.450 e. The fourth-order valence-electron chi connectivity index (χ4n) is 6.08. The summed E-state index contributed by atoms with van der Waals surface area (Å²) >= 11 is 0. The minimum atomic E-state index is -0.576. The van der Waals surface area contributed by atoms with Crippen LogP contribution in [0.2, 0.25) is 0 Å². The van der Waals surface area contributed by atoms with Crippen molar-refractivity contribution in [2.24, 2.45) is 5.92 Å². The molecule has 32 heavy (non-hydrogen) atoms. The maximum absolute atomic E-state index is 13.1. The van der Waals surface area contributed by atoms with Crippen LogP contribution in [0.4, 0.5) is 5.82 Å². The van der Waals surface area contributed by atoms with Crippen molar-refractivity contribution in [3.05, 3.63) is 23.4 Å². The smallest absolute Gasteiger partial charge is 0.343 e. The number of carbonyl (C=O) groups is 2. The van der Waals surface area contributed by atoms with Crippen LogP contribution in [0.1, 0.15) is 73.7 Å². The van der Waals surface area contributed by atoms with E-state index in [0.717, 1.165) is 76.3 Å². The number of nitrogens with zero attached hydrogens (tertiary/aromatic N) is 4. The fourth-order valence-corrected chi connectivity index (χ4v) is 6.08. The average Bonchev–Trinajstić information content (AvgIpc) is 3.46. The van der Waals surface area contributed by atoms with Crippen molar-refractivity contribution in [3.8, 4) is 0 Å². The first-order valence-electron chi connectivity index (χ1n) is 12.5. The molecule has 0 N–H and O–H groups in total. The number of ether oxygens (including phenoxy) is 1. The number of hydrogen-bond acceptors (Lipinski definition) is 6. The van der Waals surface area contributed by atoms with Gasteiger partial charge in [-0.3, -0.25) is 4.79 Å². The molecule has 0 radical (unpaired) electrons. The van der Waals surface area contributed by atoms with E-state index in [1.165, 1.54) is 19.3 Å². The lowest BCUT2D eigenvalue weighted by molar-refractivity contribution is -0.137. The standard InChI is InChI=1S/C25H36N4O3/c1-27(17-18-28-13-3-2-4-14-28)23(30)19-7-10-25(11-8-19)20-9-12-26-22(21(20)24(31)32-25)29-15-5-6-16-29/h9,12,19H,2-8,10-11,13-18H2,1H3/t19-,25-. The number of pyridine rings is 1. The van der Waals surface area contributed by atoms with Crippen LogP contribution in [0.3, 0.4) is 0 Å². The van der Waals surface area contributed by atoms with Crippen LogP contribution in [0, 0.1) is 5.92 Å².